The standard InChI is InChI=1S/C7H10N2S2/c1-10-7-5-2-3-8-4-6(5)9-11-7/h8H,2-4H2,1H3. The molecule has 0 radical (unpaired) electrons. The van der Waals surface area contributed by atoms with Crippen LogP contribution in [0.3, 0.4) is 0 Å². The summed E-state index contributed by atoms with van der Waals surface area (Å²) in [5.41, 5.74) is 2.76. The summed E-state index contributed by atoms with van der Waals surface area (Å²) in [5.74, 6) is 0. The van der Waals surface area contributed by atoms with Crippen molar-refractivity contribution in [3.8, 4) is 0 Å². The SMILES string of the molecule is CSc1snc2c1CCNC2. The molecular weight excluding hydrogens is 176 g/mol. The van der Waals surface area contributed by atoms with E-state index in [-0.39, 0.29) is 0 Å². The first-order valence-electron chi connectivity index (χ1n) is 3.64. The fourth-order valence-corrected chi connectivity index (χ4v) is 2.86. The minimum absolute atomic E-state index is 0.965. The van der Waals surface area contributed by atoms with Crippen LogP contribution in [-0.2, 0) is 13.0 Å². The van der Waals surface area contributed by atoms with Crippen LogP contribution in [0.25, 0.3) is 0 Å². The molecule has 2 rings (SSSR count). The Balaban J connectivity index is 2.38. The molecule has 0 fully saturated rings. The van der Waals surface area contributed by atoms with Gasteiger partial charge in [0.15, 0.2) is 0 Å². The van der Waals surface area contributed by atoms with E-state index in [1.165, 1.54) is 15.5 Å². The molecule has 0 bridgehead atoms. The second kappa shape index (κ2) is 3.13. The van der Waals surface area contributed by atoms with Crippen LogP contribution < -0.4 is 5.32 Å². The zero-order chi connectivity index (χ0) is 7.68. The molecule has 0 aliphatic carbocycles. The van der Waals surface area contributed by atoms with Crippen molar-refractivity contribution in [2.24, 2.45) is 0 Å². The maximum absolute atomic E-state index is 4.39. The van der Waals surface area contributed by atoms with E-state index in [0.717, 1.165) is 19.5 Å². The zero-order valence-electron chi connectivity index (χ0n) is 6.39. The number of nitrogens with one attached hydrogen (secondary N) is 1. The van der Waals surface area contributed by atoms with Gasteiger partial charge >= 0.3 is 0 Å². The highest BCUT2D eigenvalue weighted by molar-refractivity contribution is 8.00. The van der Waals surface area contributed by atoms with E-state index in [1.54, 1.807) is 11.5 Å². The molecule has 4 heteroatoms. The van der Waals surface area contributed by atoms with E-state index >= 15 is 0 Å². The number of hydrogen-bond acceptors (Lipinski definition) is 4. The van der Waals surface area contributed by atoms with Crippen molar-refractivity contribution in [3.63, 3.8) is 0 Å². The predicted molar refractivity (Wildman–Crippen MR) is 49.3 cm³/mol. The Morgan fingerprint density at radius 3 is 3.36 bits per heavy atom. The number of thioether (sulfide) groups is 1. The molecule has 0 aromatic carbocycles. The fraction of sp³-hybridized carbons (Fsp3) is 0.571. The van der Waals surface area contributed by atoms with Crippen molar-refractivity contribution in [3.05, 3.63) is 11.3 Å². The lowest BCUT2D eigenvalue weighted by atomic mass is 10.1. The molecule has 2 nitrogen and oxygen atoms in total. The minimum Gasteiger partial charge on any atom is -0.311 e. The van der Waals surface area contributed by atoms with Crippen molar-refractivity contribution >= 4 is 23.3 Å². The summed E-state index contributed by atoms with van der Waals surface area (Å²) >= 11 is 3.46. The van der Waals surface area contributed by atoms with Crippen molar-refractivity contribution in [1.29, 1.82) is 0 Å². The fourth-order valence-electron chi connectivity index (χ4n) is 1.29. The van der Waals surface area contributed by atoms with Crippen molar-refractivity contribution < 1.29 is 0 Å². The Kier molecular flexibility index (Phi) is 2.16. The quantitative estimate of drug-likeness (QED) is 0.673. The Morgan fingerprint density at radius 1 is 1.64 bits per heavy atom. The Labute approximate surface area is 74.6 Å². The molecule has 0 saturated heterocycles. The minimum atomic E-state index is 0.965. The van der Waals surface area contributed by atoms with E-state index < -0.39 is 0 Å². The van der Waals surface area contributed by atoms with Gasteiger partial charge in [-0.3, -0.25) is 0 Å². The van der Waals surface area contributed by atoms with Gasteiger partial charge < -0.3 is 5.32 Å². The summed E-state index contributed by atoms with van der Waals surface area (Å²) in [6, 6.07) is 0. The topological polar surface area (TPSA) is 24.9 Å². The van der Waals surface area contributed by atoms with Gasteiger partial charge in [-0.05, 0) is 30.8 Å². The van der Waals surface area contributed by atoms with Gasteiger partial charge in [-0.25, -0.2) is 0 Å². The molecule has 1 aliphatic rings. The number of hydrogen-bond donors (Lipinski definition) is 1. The third kappa shape index (κ3) is 1.30. The number of rotatable bonds is 1. The highest BCUT2D eigenvalue weighted by Gasteiger charge is 2.15. The maximum atomic E-state index is 4.39. The van der Waals surface area contributed by atoms with Crippen molar-refractivity contribution in [2.75, 3.05) is 12.8 Å². The average molecular weight is 186 g/mol. The van der Waals surface area contributed by atoms with E-state index in [0.29, 0.717) is 0 Å². The smallest absolute Gasteiger partial charge is 0.0839 e. The molecule has 0 unspecified atom stereocenters. The normalized spacial score (nSPS) is 16.5. The van der Waals surface area contributed by atoms with Crippen molar-refractivity contribution in [1.82, 2.24) is 9.69 Å². The highest BCUT2D eigenvalue weighted by Crippen LogP contribution is 2.29. The summed E-state index contributed by atoms with van der Waals surface area (Å²) < 4.78 is 5.79. The molecule has 0 atom stereocenters. The highest BCUT2D eigenvalue weighted by atomic mass is 32.2. The van der Waals surface area contributed by atoms with E-state index in [2.05, 4.69) is 15.9 Å². The van der Waals surface area contributed by atoms with Crippen LogP contribution in [0.2, 0.25) is 0 Å². The van der Waals surface area contributed by atoms with Crippen LogP contribution in [0.5, 0.6) is 0 Å². The summed E-state index contributed by atoms with van der Waals surface area (Å²) in [4.78, 5) is 0. The summed E-state index contributed by atoms with van der Waals surface area (Å²) in [6.45, 7) is 2.07. The molecule has 1 aromatic rings. The summed E-state index contributed by atoms with van der Waals surface area (Å²) in [6.07, 6.45) is 3.28. The number of fused-ring (bicyclic) bond motifs is 1. The van der Waals surface area contributed by atoms with Gasteiger partial charge in [-0.1, -0.05) is 0 Å². The van der Waals surface area contributed by atoms with Crippen LogP contribution >= 0.6 is 23.3 Å². The first kappa shape index (κ1) is 7.58. The molecular formula is C7H10N2S2. The zero-order valence-corrected chi connectivity index (χ0v) is 8.02. The second-order valence-corrected chi connectivity index (χ2v) is 4.37. The third-order valence-electron chi connectivity index (χ3n) is 1.86. The predicted octanol–water partition coefficient (Wildman–Crippen LogP) is 1.51. The first-order chi connectivity index (χ1) is 5.42. The van der Waals surface area contributed by atoms with Gasteiger partial charge in [0.05, 0.1) is 9.90 Å². The Morgan fingerprint density at radius 2 is 2.55 bits per heavy atom. The Bertz CT molecular complexity index is 243. The molecule has 2 heterocycles. The number of aromatic nitrogens is 1. The van der Waals surface area contributed by atoms with Crippen LogP contribution in [0, 0.1) is 0 Å². The molecule has 60 valence electrons. The van der Waals surface area contributed by atoms with Gasteiger partial charge in [0, 0.05) is 12.1 Å². The van der Waals surface area contributed by atoms with Gasteiger partial charge in [0.1, 0.15) is 0 Å². The van der Waals surface area contributed by atoms with Gasteiger partial charge in [0.25, 0.3) is 0 Å². The second-order valence-electron chi connectivity index (χ2n) is 2.53. The van der Waals surface area contributed by atoms with Crippen LogP contribution in [0.1, 0.15) is 11.3 Å². The van der Waals surface area contributed by atoms with Crippen LogP contribution in [-0.4, -0.2) is 17.2 Å². The Hall–Kier alpha value is -0.0600. The molecule has 0 saturated carbocycles. The summed E-state index contributed by atoms with van der Waals surface area (Å²) in [7, 11) is 0. The molecule has 1 N–H and O–H groups in total. The maximum Gasteiger partial charge on any atom is 0.0839 e. The third-order valence-corrected chi connectivity index (χ3v) is 3.93. The molecule has 0 spiro atoms. The summed E-state index contributed by atoms with van der Waals surface area (Å²) in [5, 5.41) is 3.31. The molecule has 0 amide bonds. The largest absolute Gasteiger partial charge is 0.311 e. The van der Waals surface area contributed by atoms with Gasteiger partial charge in [-0.2, -0.15) is 4.37 Å². The lowest BCUT2D eigenvalue weighted by molar-refractivity contribution is 0.631. The average Bonchev–Trinajstić information content (AvgIpc) is 2.47. The lowest BCUT2D eigenvalue weighted by Crippen LogP contribution is -2.23. The van der Waals surface area contributed by atoms with Gasteiger partial charge in [-0.15, -0.1) is 11.8 Å². The van der Waals surface area contributed by atoms with E-state index in [1.807, 2.05) is 11.8 Å². The number of nitrogens with zero attached hydrogens (tertiary/aromatic N) is 1. The monoisotopic (exact) mass is 186 g/mol. The molecule has 11 heavy (non-hydrogen) atoms. The van der Waals surface area contributed by atoms with Crippen molar-refractivity contribution in [2.45, 2.75) is 17.2 Å². The molecule has 1 aliphatic heterocycles. The first-order valence-corrected chi connectivity index (χ1v) is 5.64. The van der Waals surface area contributed by atoms with Crippen LogP contribution in [0.4, 0.5) is 0 Å². The lowest BCUT2D eigenvalue weighted by Gasteiger charge is -2.11. The van der Waals surface area contributed by atoms with E-state index in [4.69, 9.17) is 0 Å². The van der Waals surface area contributed by atoms with Crippen LogP contribution in [0.15, 0.2) is 4.21 Å². The van der Waals surface area contributed by atoms with Gasteiger partial charge in [0.2, 0.25) is 0 Å². The van der Waals surface area contributed by atoms with E-state index in [9.17, 15) is 0 Å². The molecule has 1 aromatic heterocycles.